The summed E-state index contributed by atoms with van der Waals surface area (Å²) in [7, 11) is 0. The third kappa shape index (κ3) is 18.2. The Labute approximate surface area is 170 Å². The van der Waals surface area contributed by atoms with Gasteiger partial charge in [-0.1, -0.05) is 0 Å². The number of carbonyl (C=O) groups excluding carboxylic acids is 2. The molecular formula is C6H7KNNaO10. The Hall–Kier alpha value is 0.206. The van der Waals surface area contributed by atoms with Crippen molar-refractivity contribution in [3.8, 4) is 0 Å². The largest absolute Gasteiger partial charge is 1.00 e. The summed E-state index contributed by atoms with van der Waals surface area (Å²) in [6.45, 7) is 0. The van der Waals surface area contributed by atoms with Gasteiger partial charge in [-0.3, -0.25) is 0 Å². The maximum atomic E-state index is 10.3. The van der Waals surface area contributed by atoms with Gasteiger partial charge in [0.05, 0.1) is 0 Å². The number of carboxylic acids is 3. The molecule has 0 spiro atoms. The van der Waals surface area contributed by atoms with Gasteiger partial charge in [-0.05, 0) is 0 Å². The second kappa shape index (κ2) is 13.2. The SMILES string of the molecule is O=C([O-])CC(O)(CC(=O)[O-])C(=O)O.O=[N+]([O-])O.[K+].[Na+]. The van der Waals surface area contributed by atoms with Crippen LogP contribution in [-0.4, -0.2) is 44.0 Å². The van der Waals surface area contributed by atoms with Crippen molar-refractivity contribution in [2.75, 3.05) is 0 Å². The monoisotopic (exact) mass is 315 g/mol. The number of carboxylic acid groups (broad SMARTS) is 3. The van der Waals surface area contributed by atoms with E-state index in [0.717, 1.165) is 0 Å². The molecular weight excluding hydrogens is 308 g/mol. The van der Waals surface area contributed by atoms with Gasteiger partial charge in [0.15, 0.2) is 5.60 Å². The Kier molecular flexibility index (Phi) is 19.1. The average Bonchev–Trinajstić information content (AvgIpc) is 1.98. The standard InChI is InChI=1S/C6H8O7.K.HNO3.Na/c7-3(8)1-6(13,5(11)12)2-4(9)10;;2-1(3)4;/h13H,1-2H2,(H,7,8)(H,9,10)(H,11,12);;(H,2,3,4);/q;+1;;+1/p-2. The van der Waals surface area contributed by atoms with Crippen molar-refractivity contribution in [3.63, 3.8) is 0 Å². The molecule has 0 rings (SSSR count). The first-order valence-electron chi connectivity index (χ1n) is 3.70. The zero-order valence-corrected chi connectivity index (χ0v) is 15.2. The molecule has 0 aliphatic heterocycles. The van der Waals surface area contributed by atoms with Gasteiger partial charge >= 0.3 is 86.9 Å². The van der Waals surface area contributed by atoms with Crippen molar-refractivity contribution < 1.29 is 126 Å². The van der Waals surface area contributed by atoms with Gasteiger partial charge in [-0.15, -0.1) is 10.1 Å². The van der Waals surface area contributed by atoms with E-state index in [1.54, 1.807) is 0 Å². The fourth-order valence-corrected chi connectivity index (χ4v) is 0.691. The zero-order chi connectivity index (χ0) is 14.2. The quantitative estimate of drug-likeness (QED) is 0.248. The summed E-state index contributed by atoms with van der Waals surface area (Å²) >= 11 is 0. The summed E-state index contributed by atoms with van der Waals surface area (Å²) < 4.78 is 0. The van der Waals surface area contributed by atoms with Crippen molar-refractivity contribution in [2.24, 2.45) is 0 Å². The van der Waals surface area contributed by atoms with Crippen LogP contribution in [0.2, 0.25) is 0 Å². The molecule has 0 bridgehead atoms. The second-order valence-corrected chi connectivity index (χ2v) is 2.67. The van der Waals surface area contributed by atoms with Crippen molar-refractivity contribution in [1.82, 2.24) is 0 Å². The van der Waals surface area contributed by atoms with Crippen LogP contribution in [-0.2, 0) is 14.4 Å². The summed E-state index contributed by atoms with van der Waals surface area (Å²) in [4.78, 5) is 38.5. The molecule has 0 heterocycles. The van der Waals surface area contributed by atoms with Gasteiger partial charge in [-0.2, -0.15) is 0 Å². The third-order valence-electron chi connectivity index (χ3n) is 1.27. The molecule has 0 fully saturated rings. The molecule has 0 aromatic heterocycles. The van der Waals surface area contributed by atoms with Crippen LogP contribution < -0.4 is 91.2 Å². The first kappa shape index (κ1) is 27.5. The predicted octanol–water partition coefficient (Wildman–Crippen LogP) is -10.3. The van der Waals surface area contributed by atoms with Gasteiger partial charge in [0.1, 0.15) is 0 Å². The van der Waals surface area contributed by atoms with Crippen molar-refractivity contribution in [2.45, 2.75) is 18.4 Å². The maximum Gasteiger partial charge on any atom is 1.00 e. The number of hydrogen-bond acceptors (Lipinski definition) is 8. The topological polar surface area (TPSA) is 201 Å². The van der Waals surface area contributed by atoms with E-state index in [-0.39, 0.29) is 80.9 Å². The number of nitrogens with zero attached hydrogens (tertiary/aromatic N) is 1. The van der Waals surface area contributed by atoms with Gasteiger partial charge in [-0.25, -0.2) is 4.79 Å². The fraction of sp³-hybridized carbons (Fsp3) is 0.500. The van der Waals surface area contributed by atoms with Crippen LogP contribution in [0.3, 0.4) is 0 Å². The van der Waals surface area contributed by atoms with E-state index in [9.17, 15) is 24.6 Å². The van der Waals surface area contributed by atoms with Crippen molar-refractivity contribution in [3.05, 3.63) is 10.1 Å². The summed E-state index contributed by atoms with van der Waals surface area (Å²) in [6.07, 6.45) is -2.59. The number of hydrogen-bond donors (Lipinski definition) is 3. The fourth-order valence-electron chi connectivity index (χ4n) is 0.691. The number of carbonyl (C=O) groups is 3. The van der Waals surface area contributed by atoms with Gasteiger partial charge in [0, 0.05) is 24.8 Å². The smallest absolute Gasteiger partial charge is 0.550 e. The Morgan fingerprint density at radius 1 is 1.11 bits per heavy atom. The minimum Gasteiger partial charge on any atom is -0.550 e. The van der Waals surface area contributed by atoms with Crippen molar-refractivity contribution in [1.29, 1.82) is 0 Å². The molecule has 11 nitrogen and oxygen atoms in total. The minimum atomic E-state index is -2.86. The van der Waals surface area contributed by atoms with E-state index in [2.05, 4.69) is 0 Å². The Morgan fingerprint density at radius 2 is 1.32 bits per heavy atom. The molecule has 0 aliphatic rings. The summed E-state index contributed by atoms with van der Waals surface area (Å²) in [6, 6.07) is 0. The molecule has 0 aliphatic carbocycles. The Balaban J connectivity index is -0.000000165. The number of aliphatic carboxylic acids is 3. The first-order valence-corrected chi connectivity index (χ1v) is 3.70. The Bertz CT molecular complexity index is 314. The summed E-state index contributed by atoms with van der Waals surface area (Å²) in [5, 5.41) is 50.8. The summed E-state index contributed by atoms with van der Waals surface area (Å²) in [5.41, 5.74) is -2.86. The molecule has 0 aromatic carbocycles. The minimum absolute atomic E-state index is 0. The van der Waals surface area contributed by atoms with E-state index >= 15 is 0 Å². The molecule has 0 aromatic rings. The van der Waals surface area contributed by atoms with Crippen LogP contribution in [0.4, 0.5) is 0 Å². The molecule has 0 saturated carbocycles. The van der Waals surface area contributed by atoms with Crippen LogP contribution >= 0.6 is 0 Å². The van der Waals surface area contributed by atoms with Gasteiger partial charge in [0.25, 0.3) is 5.09 Å². The molecule has 0 atom stereocenters. The molecule has 0 amide bonds. The van der Waals surface area contributed by atoms with Gasteiger partial charge < -0.3 is 35.2 Å². The van der Waals surface area contributed by atoms with E-state index < -0.39 is 41.4 Å². The summed E-state index contributed by atoms with van der Waals surface area (Å²) in [5.74, 6) is -5.65. The third-order valence-corrected chi connectivity index (χ3v) is 1.27. The first-order chi connectivity index (χ1) is 7.51. The zero-order valence-electron chi connectivity index (χ0n) is 10.1. The molecule has 0 radical (unpaired) electrons. The molecule has 0 unspecified atom stereocenters. The maximum absolute atomic E-state index is 10.3. The predicted molar refractivity (Wildman–Crippen MR) is 40.6 cm³/mol. The van der Waals surface area contributed by atoms with Crippen molar-refractivity contribution >= 4 is 17.9 Å². The van der Waals surface area contributed by atoms with E-state index in [1.165, 1.54) is 0 Å². The molecule has 13 heteroatoms. The Morgan fingerprint density at radius 3 is 1.42 bits per heavy atom. The van der Waals surface area contributed by atoms with E-state index in [1.807, 2.05) is 0 Å². The van der Waals surface area contributed by atoms with Crippen LogP contribution in [0.5, 0.6) is 0 Å². The second-order valence-electron chi connectivity index (χ2n) is 2.67. The molecule has 19 heavy (non-hydrogen) atoms. The van der Waals surface area contributed by atoms with Crippen LogP contribution in [0, 0.1) is 10.1 Å². The van der Waals surface area contributed by atoms with Crippen LogP contribution in [0.1, 0.15) is 12.8 Å². The number of rotatable bonds is 5. The van der Waals surface area contributed by atoms with E-state index in [4.69, 9.17) is 25.5 Å². The molecule has 3 N–H and O–H groups in total. The number of aliphatic hydroxyl groups is 1. The normalized spacial score (nSPS) is 8.68. The van der Waals surface area contributed by atoms with E-state index in [0.29, 0.717) is 0 Å². The van der Waals surface area contributed by atoms with Gasteiger partial charge in [0.2, 0.25) is 0 Å². The van der Waals surface area contributed by atoms with Crippen LogP contribution in [0.15, 0.2) is 0 Å². The molecule has 98 valence electrons. The molecule has 0 saturated heterocycles. The van der Waals surface area contributed by atoms with Crippen LogP contribution in [0.25, 0.3) is 0 Å². The average molecular weight is 315 g/mol.